The summed E-state index contributed by atoms with van der Waals surface area (Å²) in [6.07, 6.45) is 0.0425. The first-order valence-corrected chi connectivity index (χ1v) is 12.1. The summed E-state index contributed by atoms with van der Waals surface area (Å²) in [6, 6.07) is 11.6. The molecule has 0 saturated carbocycles. The van der Waals surface area contributed by atoms with Crippen molar-refractivity contribution in [2.45, 2.75) is 57.1 Å². The highest BCUT2D eigenvalue weighted by Gasteiger charge is 2.64. The third kappa shape index (κ3) is 4.34. The molecule has 6 nitrogen and oxygen atoms in total. The lowest BCUT2D eigenvalue weighted by molar-refractivity contribution is -0.154. The molecule has 0 aliphatic carbocycles. The zero-order chi connectivity index (χ0) is 25.7. The van der Waals surface area contributed by atoms with E-state index in [2.05, 4.69) is 11.9 Å². The molecule has 8 heteroatoms. The highest BCUT2D eigenvalue weighted by atomic mass is 35.5. The van der Waals surface area contributed by atoms with Gasteiger partial charge in [-0.05, 0) is 57.5 Å². The monoisotopic (exact) mass is 514 g/mol. The van der Waals surface area contributed by atoms with Crippen molar-refractivity contribution in [1.29, 1.82) is 0 Å². The molecule has 2 amide bonds. The van der Waals surface area contributed by atoms with Gasteiger partial charge in [-0.25, -0.2) is 0 Å². The Morgan fingerprint density at radius 3 is 2.51 bits per heavy atom. The number of anilines is 1. The number of fused-ring (bicyclic) bond motifs is 2. The Bertz CT molecular complexity index is 1240. The summed E-state index contributed by atoms with van der Waals surface area (Å²) in [6.45, 7) is 10.9. The molecule has 2 aliphatic rings. The van der Waals surface area contributed by atoms with Gasteiger partial charge in [0.1, 0.15) is 17.6 Å². The smallest absolute Gasteiger partial charge is 0.326 e. The SMILES string of the molecule is C=C(C)[C@@H]1NC(=O)C[C@@H](c2cccc(Cl)c2)[C@]12C(=O)N(CC(=O)OC(C)(C)C)c1cccc(Cl)c12. The van der Waals surface area contributed by atoms with Crippen LogP contribution in [0.2, 0.25) is 10.0 Å². The second-order valence-corrected chi connectivity index (χ2v) is 11.0. The minimum atomic E-state index is -1.32. The van der Waals surface area contributed by atoms with Gasteiger partial charge in [-0.15, -0.1) is 0 Å². The predicted molar refractivity (Wildman–Crippen MR) is 137 cm³/mol. The highest BCUT2D eigenvalue weighted by Crippen LogP contribution is 2.57. The number of nitrogens with zero attached hydrogens (tertiary/aromatic N) is 1. The fourth-order valence-electron chi connectivity index (χ4n) is 5.34. The molecule has 0 bridgehead atoms. The Morgan fingerprint density at radius 1 is 1.20 bits per heavy atom. The van der Waals surface area contributed by atoms with Gasteiger partial charge in [0.15, 0.2) is 0 Å². The minimum Gasteiger partial charge on any atom is -0.459 e. The number of nitrogens with one attached hydrogen (secondary N) is 1. The van der Waals surface area contributed by atoms with Crippen LogP contribution in [0.4, 0.5) is 5.69 Å². The Balaban J connectivity index is 1.96. The molecule has 2 aromatic rings. The molecule has 3 atom stereocenters. The second kappa shape index (κ2) is 8.99. The summed E-state index contributed by atoms with van der Waals surface area (Å²) in [4.78, 5) is 41.7. The highest BCUT2D eigenvalue weighted by molar-refractivity contribution is 6.33. The summed E-state index contributed by atoms with van der Waals surface area (Å²) in [5, 5.41) is 3.84. The Morgan fingerprint density at radius 2 is 1.89 bits per heavy atom. The Labute approximate surface area is 215 Å². The van der Waals surface area contributed by atoms with E-state index in [1.807, 2.05) is 6.07 Å². The van der Waals surface area contributed by atoms with Crippen molar-refractivity contribution >= 4 is 46.7 Å². The summed E-state index contributed by atoms with van der Waals surface area (Å²) in [5.74, 6) is -1.68. The van der Waals surface area contributed by atoms with Gasteiger partial charge in [0.05, 0.1) is 11.7 Å². The Hall–Kier alpha value is -2.83. The summed E-state index contributed by atoms with van der Waals surface area (Å²) in [5.41, 5.74) is 0.383. The van der Waals surface area contributed by atoms with E-state index < -0.39 is 28.9 Å². The Kier molecular flexibility index (Phi) is 6.49. The first-order chi connectivity index (χ1) is 16.4. The van der Waals surface area contributed by atoms with Crippen LogP contribution in [0.5, 0.6) is 0 Å². The van der Waals surface area contributed by atoms with Crippen LogP contribution in [0.15, 0.2) is 54.6 Å². The average molecular weight is 515 g/mol. The van der Waals surface area contributed by atoms with Crippen molar-refractivity contribution in [3.8, 4) is 0 Å². The van der Waals surface area contributed by atoms with E-state index in [1.165, 1.54) is 4.90 Å². The lowest BCUT2D eigenvalue weighted by atomic mass is 9.59. The van der Waals surface area contributed by atoms with E-state index in [9.17, 15) is 14.4 Å². The van der Waals surface area contributed by atoms with Crippen molar-refractivity contribution in [2.24, 2.45) is 0 Å². The lowest BCUT2D eigenvalue weighted by Gasteiger charge is -2.47. The summed E-state index contributed by atoms with van der Waals surface area (Å²) >= 11 is 13.1. The predicted octanol–water partition coefficient (Wildman–Crippen LogP) is 5.17. The number of hydrogen-bond donors (Lipinski definition) is 1. The van der Waals surface area contributed by atoms with E-state index in [4.69, 9.17) is 27.9 Å². The maximum absolute atomic E-state index is 14.5. The molecule has 2 aliphatic heterocycles. The van der Waals surface area contributed by atoms with Crippen LogP contribution in [0.25, 0.3) is 0 Å². The number of hydrogen-bond acceptors (Lipinski definition) is 4. The molecule has 0 aromatic heterocycles. The molecular weight excluding hydrogens is 487 g/mol. The van der Waals surface area contributed by atoms with Crippen molar-refractivity contribution in [3.63, 3.8) is 0 Å². The fraction of sp³-hybridized carbons (Fsp3) is 0.370. The van der Waals surface area contributed by atoms with Gasteiger partial charge in [0.25, 0.3) is 0 Å². The normalized spacial score (nSPS) is 23.8. The fourth-order valence-corrected chi connectivity index (χ4v) is 5.86. The van der Waals surface area contributed by atoms with E-state index in [0.717, 1.165) is 5.56 Å². The molecule has 35 heavy (non-hydrogen) atoms. The largest absolute Gasteiger partial charge is 0.459 e. The van der Waals surface area contributed by atoms with Gasteiger partial charge in [-0.2, -0.15) is 0 Å². The molecule has 184 valence electrons. The van der Waals surface area contributed by atoms with E-state index >= 15 is 0 Å². The van der Waals surface area contributed by atoms with Crippen molar-refractivity contribution in [3.05, 3.63) is 75.8 Å². The van der Waals surface area contributed by atoms with Gasteiger partial charge in [0.2, 0.25) is 11.8 Å². The standard InChI is InChI=1S/C27H28Cl2N2O4/c1-15(2)24-27(18(13-21(32)30-24)16-8-6-9-17(28)12-16)23-19(29)10-7-11-20(23)31(25(27)34)14-22(33)35-26(3,4)5/h6-12,18,24H,1,13-14H2,2-5H3,(H,30,32)/t18-,24-,27+/m0/s1. The molecule has 0 radical (unpaired) electrons. The number of ether oxygens (including phenoxy) is 1. The van der Waals surface area contributed by atoms with Crippen LogP contribution in [-0.2, 0) is 24.5 Å². The van der Waals surface area contributed by atoms with Crippen LogP contribution in [0, 0.1) is 0 Å². The van der Waals surface area contributed by atoms with E-state index in [1.54, 1.807) is 64.1 Å². The molecular formula is C27H28Cl2N2O4. The maximum atomic E-state index is 14.5. The average Bonchev–Trinajstić information content (AvgIpc) is 2.98. The van der Waals surface area contributed by atoms with Gasteiger partial charge in [0, 0.05) is 27.9 Å². The molecule has 0 unspecified atom stereocenters. The van der Waals surface area contributed by atoms with Gasteiger partial charge < -0.3 is 10.1 Å². The van der Waals surface area contributed by atoms with Crippen molar-refractivity contribution in [2.75, 3.05) is 11.4 Å². The van der Waals surface area contributed by atoms with Gasteiger partial charge in [-0.3, -0.25) is 19.3 Å². The quantitative estimate of drug-likeness (QED) is 0.451. The number of piperidine rings is 1. The molecule has 2 aromatic carbocycles. The number of rotatable bonds is 4. The number of carbonyl (C=O) groups is 3. The van der Waals surface area contributed by atoms with Gasteiger partial charge in [-0.1, -0.05) is 53.6 Å². The lowest BCUT2D eigenvalue weighted by Crippen LogP contribution is -2.63. The topological polar surface area (TPSA) is 75.7 Å². The zero-order valence-electron chi connectivity index (χ0n) is 20.2. The number of esters is 1. The van der Waals surface area contributed by atoms with Crippen LogP contribution in [0.1, 0.15) is 51.2 Å². The van der Waals surface area contributed by atoms with Crippen molar-refractivity contribution in [1.82, 2.24) is 5.32 Å². The van der Waals surface area contributed by atoms with Crippen LogP contribution < -0.4 is 10.2 Å². The van der Waals surface area contributed by atoms with Crippen molar-refractivity contribution < 1.29 is 19.1 Å². The minimum absolute atomic E-state index is 0.0425. The molecule has 1 spiro atoms. The third-order valence-corrected chi connectivity index (χ3v) is 7.00. The van der Waals surface area contributed by atoms with Gasteiger partial charge >= 0.3 is 5.97 Å². The van der Waals surface area contributed by atoms with E-state index in [-0.39, 0.29) is 24.8 Å². The van der Waals surface area contributed by atoms with Crippen LogP contribution in [-0.4, -0.2) is 36.0 Å². The molecule has 1 fully saturated rings. The number of amides is 2. The third-order valence-electron chi connectivity index (χ3n) is 6.45. The molecule has 1 N–H and O–H groups in total. The first-order valence-electron chi connectivity index (χ1n) is 11.4. The first kappa shape index (κ1) is 25.3. The second-order valence-electron chi connectivity index (χ2n) is 10.1. The molecule has 2 heterocycles. The molecule has 1 saturated heterocycles. The molecule has 4 rings (SSSR count). The number of carbonyl (C=O) groups excluding carboxylic acids is 3. The zero-order valence-corrected chi connectivity index (χ0v) is 21.7. The van der Waals surface area contributed by atoms with Crippen LogP contribution in [0.3, 0.4) is 0 Å². The van der Waals surface area contributed by atoms with E-state index in [0.29, 0.717) is 26.9 Å². The number of benzene rings is 2. The maximum Gasteiger partial charge on any atom is 0.326 e. The van der Waals surface area contributed by atoms with Crippen LogP contribution >= 0.6 is 23.2 Å². The summed E-state index contributed by atoms with van der Waals surface area (Å²) < 4.78 is 5.52. The summed E-state index contributed by atoms with van der Waals surface area (Å²) in [7, 11) is 0. The number of halogens is 2.